The molecule has 2 amide bonds. The molecule has 184 valence electrons. The second kappa shape index (κ2) is 11.4. The summed E-state index contributed by atoms with van der Waals surface area (Å²) >= 11 is 6.02. The molecule has 11 heteroatoms. The Morgan fingerprint density at radius 3 is 2.53 bits per heavy atom. The first-order chi connectivity index (χ1) is 16.2. The number of carbonyl (C=O) groups excluding carboxylic acids is 2. The van der Waals surface area contributed by atoms with Gasteiger partial charge in [0.25, 0.3) is 5.91 Å². The summed E-state index contributed by atoms with van der Waals surface area (Å²) in [5.74, 6) is 0.483. The van der Waals surface area contributed by atoms with Crippen LogP contribution in [0.3, 0.4) is 0 Å². The van der Waals surface area contributed by atoms with Crippen molar-refractivity contribution in [2.75, 3.05) is 44.2 Å². The summed E-state index contributed by atoms with van der Waals surface area (Å²) in [7, 11) is 0. The summed E-state index contributed by atoms with van der Waals surface area (Å²) in [5, 5.41) is 2.73. The Morgan fingerprint density at radius 1 is 1.18 bits per heavy atom. The van der Waals surface area contributed by atoms with Crippen molar-refractivity contribution >= 4 is 29.2 Å². The number of piperazine rings is 1. The zero-order chi connectivity index (χ0) is 24.7. The van der Waals surface area contributed by atoms with Crippen molar-refractivity contribution < 1.29 is 27.5 Å². The molecule has 1 aliphatic rings. The van der Waals surface area contributed by atoms with Crippen LogP contribution in [-0.4, -0.2) is 61.0 Å². The number of aromatic nitrogens is 1. The van der Waals surface area contributed by atoms with Crippen LogP contribution < -0.4 is 15.0 Å². The third kappa shape index (κ3) is 6.53. The first-order valence-corrected chi connectivity index (χ1v) is 11.3. The number of alkyl halides is 3. The number of pyridine rings is 1. The van der Waals surface area contributed by atoms with Crippen molar-refractivity contribution in [3.63, 3.8) is 0 Å². The third-order valence-corrected chi connectivity index (χ3v) is 5.64. The molecule has 1 aromatic carbocycles. The highest BCUT2D eigenvalue weighted by molar-refractivity contribution is 6.33. The molecule has 2 heterocycles. The van der Waals surface area contributed by atoms with Gasteiger partial charge in [-0.25, -0.2) is 4.98 Å². The molecule has 7 nitrogen and oxygen atoms in total. The lowest BCUT2D eigenvalue weighted by molar-refractivity contribution is -0.137. The second-order valence-corrected chi connectivity index (χ2v) is 8.09. The van der Waals surface area contributed by atoms with E-state index in [2.05, 4.69) is 10.3 Å². The third-order valence-electron chi connectivity index (χ3n) is 5.37. The fraction of sp³-hybridized carbons (Fsp3) is 0.435. The Bertz CT molecular complexity index is 1010. The van der Waals surface area contributed by atoms with Gasteiger partial charge in [0.1, 0.15) is 11.6 Å². The molecular weight excluding hydrogens is 473 g/mol. The standard InChI is InChI=1S/C23H26ClF3N4O3/c1-2-34-19-7-4-3-6-17(19)22(33)28-9-5-8-20(32)30-10-12-31(13-11-30)21-18(24)14-16(15-29-21)23(25,26)27/h3-4,6-7,14-15H,2,5,8-13H2,1H3,(H,28,33). The highest BCUT2D eigenvalue weighted by Crippen LogP contribution is 2.33. The highest BCUT2D eigenvalue weighted by atomic mass is 35.5. The minimum absolute atomic E-state index is 0.0462. The molecule has 1 N–H and O–H groups in total. The number of hydrogen-bond donors (Lipinski definition) is 1. The van der Waals surface area contributed by atoms with E-state index in [0.717, 1.165) is 12.3 Å². The summed E-state index contributed by atoms with van der Waals surface area (Å²) in [4.78, 5) is 32.3. The molecule has 0 atom stereocenters. The fourth-order valence-corrected chi connectivity index (χ4v) is 3.90. The van der Waals surface area contributed by atoms with E-state index in [0.29, 0.717) is 57.1 Å². The fourth-order valence-electron chi connectivity index (χ4n) is 3.62. The molecule has 0 bridgehead atoms. The number of nitrogens with zero attached hydrogens (tertiary/aromatic N) is 3. The van der Waals surface area contributed by atoms with Gasteiger partial charge in [0, 0.05) is 45.3 Å². The average Bonchev–Trinajstić information content (AvgIpc) is 2.81. The van der Waals surface area contributed by atoms with Crippen LogP contribution in [0.2, 0.25) is 5.02 Å². The van der Waals surface area contributed by atoms with Gasteiger partial charge < -0.3 is 19.9 Å². The lowest BCUT2D eigenvalue weighted by Gasteiger charge is -2.36. The molecular formula is C23H26ClF3N4O3. The van der Waals surface area contributed by atoms with Crippen LogP contribution in [0.25, 0.3) is 0 Å². The molecule has 3 rings (SSSR count). The number of para-hydroxylation sites is 1. The Labute approximate surface area is 200 Å². The minimum Gasteiger partial charge on any atom is -0.493 e. The van der Waals surface area contributed by atoms with E-state index in [1.165, 1.54) is 0 Å². The molecule has 1 aromatic heterocycles. The number of anilines is 1. The summed E-state index contributed by atoms with van der Waals surface area (Å²) in [6.45, 7) is 4.28. The maximum atomic E-state index is 12.8. The summed E-state index contributed by atoms with van der Waals surface area (Å²) in [5.41, 5.74) is -0.453. The summed E-state index contributed by atoms with van der Waals surface area (Å²) in [6.07, 6.45) is -2.99. The van der Waals surface area contributed by atoms with Gasteiger partial charge in [-0.05, 0) is 31.5 Å². The van der Waals surface area contributed by atoms with E-state index in [1.807, 2.05) is 6.92 Å². The van der Waals surface area contributed by atoms with Gasteiger partial charge in [-0.2, -0.15) is 13.2 Å². The van der Waals surface area contributed by atoms with E-state index in [9.17, 15) is 22.8 Å². The van der Waals surface area contributed by atoms with Crippen LogP contribution in [0.15, 0.2) is 36.5 Å². The molecule has 1 saturated heterocycles. The largest absolute Gasteiger partial charge is 0.493 e. The molecule has 0 radical (unpaired) electrons. The number of carbonyl (C=O) groups is 2. The number of amides is 2. The van der Waals surface area contributed by atoms with Crippen LogP contribution in [0.5, 0.6) is 5.75 Å². The van der Waals surface area contributed by atoms with Gasteiger partial charge in [0.2, 0.25) is 5.91 Å². The number of rotatable bonds is 8. The normalized spacial score (nSPS) is 14.1. The van der Waals surface area contributed by atoms with E-state index < -0.39 is 11.7 Å². The Morgan fingerprint density at radius 2 is 1.88 bits per heavy atom. The van der Waals surface area contributed by atoms with Crippen molar-refractivity contribution in [3.8, 4) is 5.75 Å². The SMILES string of the molecule is CCOc1ccccc1C(=O)NCCCC(=O)N1CCN(c2ncc(C(F)(F)F)cc2Cl)CC1. The minimum atomic E-state index is -4.51. The highest BCUT2D eigenvalue weighted by Gasteiger charge is 2.32. The van der Waals surface area contributed by atoms with Gasteiger partial charge >= 0.3 is 6.18 Å². The molecule has 0 aliphatic carbocycles. The average molecular weight is 499 g/mol. The van der Waals surface area contributed by atoms with Crippen molar-refractivity contribution in [1.82, 2.24) is 15.2 Å². The Hall–Kier alpha value is -3.01. The molecule has 1 aliphatic heterocycles. The predicted molar refractivity (Wildman–Crippen MR) is 122 cm³/mol. The molecule has 0 unspecified atom stereocenters. The van der Waals surface area contributed by atoms with Crippen LogP contribution >= 0.6 is 11.6 Å². The van der Waals surface area contributed by atoms with Crippen molar-refractivity contribution in [3.05, 3.63) is 52.7 Å². The van der Waals surface area contributed by atoms with Crippen LogP contribution in [0, 0.1) is 0 Å². The lowest BCUT2D eigenvalue weighted by Crippen LogP contribution is -2.49. The number of ether oxygens (including phenoxy) is 1. The summed E-state index contributed by atoms with van der Waals surface area (Å²) < 4.78 is 43.9. The quantitative estimate of drug-likeness (QED) is 0.557. The van der Waals surface area contributed by atoms with Crippen molar-refractivity contribution in [1.29, 1.82) is 0 Å². The molecule has 2 aromatic rings. The summed E-state index contributed by atoms with van der Waals surface area (Å²) in [6, 6.07) is 7.83. The van der Waals surface area contributed by atoms with Gasteiger partial charge in [-0.1, -0.05) is 23.7 Å². The van der Waals surface area contributed by atoms with E-state index >= 15 is 0 Å². The zero-order valence-corrected chi connectivity index (χ0v) is 19.5. The number of halogens is 4. The zero-order valence-electron chi connectivity index (χ0n) is 18.7. The lowest BCUT2D eigenvalue weighted by atomic mass is 10.2. The predicted octanol–water partition coefficient (Wildman–Crippen LogP) is 4.01. The van der Waals surface area contributed by atoms with Crippen LogP contribution in [-0.2, 0) is 11.0 Å². The Kier molecular flexibility index (Phi) is 8.60. The van der Waals surface area contributed by atoms with Crippen molar-refractivity contribution in [2.45, 2.75) is 25.9 Å². The van der Waals surface area contributed by atoms with Crippen LogP contribution in [0.1, 0.15) is 35.7 Å². The first-order valence-electron chi connectivity index (χ1n) is 11.0. The molecule has 34 heavy (non-hydrogen) atoms. The van der Waals surface area contributed by atoms with E-state index in [4.69, 9.17) is 16.3 Å². The monoisotopic (exact) mass is 498 g/mol. The maximum absolute atomic E-state index is 12.8. The molecule has 1 fully saturated rings. The van der Waals surface area contributed by atoms with Gasteiger partial charge in [-0.15, -0.1) is 0 Å². The van der Waals surface area contributed by atoms with E-state index in [-0.39, 0.29) is 29.1 Å². The van der Waals surface area contributed by atoms with Gasteiger partial charge in [0.15, 0.2) is 0 Å². The van der Waals surface area contributed by atoms with Gasteiger partial charge in [0.05, 0.1) is 22.8 Å². The maximum Gasteiger partial charge on any atom is 0.417 e. The molecule has 0 spiro atoms. The van der Waals surface area contributed by atoms with Crippen molar-refractivity contribution in [2.24, 2.45) is 0 Å². The smallest absolute Gasteiger partial charge is 0.417 e. The molecule has 0 saturated carbocycles. The number of hydrogen-bond acceptors (Lipinski definition) is 5. The Balaban J connectivity index is 1.43. The number of nitrogens with one attached hydrogen (secondary N) is 1. The van der Waals surface area contributed by atoms with E-state index in [1.54, 1.807) is 34.1 Å². The first kappa shape index (κ1) is 25.6. The van der Waals surface area contributed by atoms with Crippen LogP contribution in [0.4, 0.5) is 19.0 Å². The topological polar surface area (TPSA) is 74.8 Å². The second-order valence-electron chi connectivity index (χ2n) is 7.68. The number of benzene rings is 1. The van der Waals surface area contributed by atoms with Gasteiger partial charge in [-0.3, -0.25) is 9.59 Å².